The average Bonchev–Trinajstić information content (AvgIpc) is 3.56. The van der Waals surface area contributed by atoms with Gasteiger partial charge in [-0.25, -0.2) is 0 Å². The van der Waals surface area contributed by atoms with Gasteiger partial charge in [-0.2, -0.15) is 0 Å². The molecule has 0 radical (unpaired) electrons. The van der Waals surface area contributed by atoms with E-state index in [0.29, 0.717) is 16.9 Å². The van der Waals surface area contributed by atoms with Gasteiger partial charge in [0.2, 0.25) is 0 Å². The molecule has 0 heterocycles. The summed E-state index contributed by atoms with van der Waals surface area (Å²) in [7, 11) is 0. The third kappa shape index (κ3) is 16.6. The van der Waals surface area contributed by atoms with E-state index in [-0.39, 0.29) is 0 Å². The Hall–Kier alpha value is -0.640. The van der Waals surface area contributed by atoms with Crippen LogP contribution in [0.1, 0.15) is 234 Å². The van der Waals surface area contributed by atoms with Crippen molar-refractivity contribution >= 4 is 0 Å². The van der Waals surface area contributed by atoms with Crippen molar-refractivity contribution in [3.05, 3.63) is 23.8 Å². The molecule has 0 saturated heterocycles. The summed E-state index contributed by atoms with van der Waals surface area (Å²) in [6, 6.07) is 0. The average molecular weight is 795 g/mol. The Bertz CT molecular complexity index is 1080. The predicted octanol–water partition coefficient (Wildman–Crippen LogP) is 16.4. The monoisotopic (exact) mass is 795 g/mol. The molecule has 0 aromatic rings. The molecule has 4 aliphatic rings. The maximum Gasteiger partial charge on any atom is 0.0612 e. The fraction of sp³-hybridized carbons (Fsp3) is 0.926. The van der Waals surface area contributed by atoms with E-state index in [2.05, 4.69) is 59.8 Å². The van der Waals surface area contributed by atoms with Gasteiger partial charge in [0.05, 0.1) is 6.10 Å². The molecule has 8 atom stereocenters. The lowest BCUT2D eigenvalue weighted by Crippen LogP contribution is -2.51. The number of allylic oxidation sites excluding steroid dienone is 3. The summed E-state index contributed by atoms with van der Waals surface area (Å²) < 4.78 is 18.3. The molecule has 0 aromatic carbocycles. The minimum atomic E-state index is 0.432. The quantitative estimate of drug-likeness (QED) is 0.0489. The van der Waals surface area contributed by atoms with Gasteiger partial charge < -0.3 is 14.2 Å². The summed E-state index contributed by atoms with van der Waals surface area (Å²) in [5, 5.41) is 0. The van der Waals surface area contributed by atoms with Gasteiger partial charge in [-0.05, 0) is 149 Å². The Morgan fingerprint density at radius 3 is 1.86 bits per heavy atom. The highest BCUT2D eigenvalue weighted by Crippen LogP contribution is 2.67. The number of unbranched alkanes of at least 4 members (excludes halogenated alkanes) is 15. The first-order chi connectivity index (χ1) is 27.8. The maximum atomic E-state index is 6.55. The molecule has 0 aromatic heterocycles. The third-order valence-electron chi connectivity index (χ3n) is 16.2. The highest BCUT2D eigenvalue weighted by atomic mass is 16.5. The van der Waals surface area contributed by atoms with Gasteiger partial charge >= 0.3 is 0 Å². The summed E-state index contributed by atoms with van der Waals surface area (Å²) >= 11 is 0. The van der Waals surface area contributed by atoms with Crippen LogP contribution in [0.3, 0.4) is 0 Å². The first-order valence-corrected chi connectivity index (χ1v) is 25.9. The van der Waals surface area contributed by atoms with Gasteiger partial charge in [0.15, 0.2) is 0 Å². The number of hydrogen-bond acceptors (Lipinski definition) is 3. The zero-order valence-electron chi connectivity index (χ0n) is 39.2. The predicted molar refractivity (Wildman–Crippen MR) is 247 cm³/mol. The molecule has 57 heavy (non-hydrogen) atoms. The highest BCUT2D eigenvalue weighted by Gasteiger charge is 2.59. The van der Waals surface area contributed by atoms with Gasteiger partial charge in [-0.15, -0.1) is 0 Å². The van der Waals surface area contributed by atoms with E-state index in [4.69, 9.17) is 14.2 Å². The van der Waals surface area contributed by atoms with Crippen LogP contribution in [0.15, 0.2) is 23.8 Å². The lowest BCUT2D eigenvalue weighted by atomic mass is 9.47. The van der Waals surface area contributed by atoms with Crippen LogP contribution in [0, 0.1) is 46.3 Å². The largest absolute Gasteiger partial charge is 0.381 e. The summed E-state index contributed by atoms with van der Waals surface area (Å²) in [5.74, 6) is 5.50. The zero-order chi connectivity index (χ0) is 40.6. The van der Waals surface area contributed by atoms with Gasteiger partial charge in [-0.1, -0.05) is 155 Å². The second kappa shape index (κ2) is 28.1. The van der Waals surface area contributed by atoms with Crippen LogP contribution >= 0.6 is 0 Å². The second-order valence-electron chi connectivity index (χ2n) is 21.0. The topological polar surface area (TPSA) is 27.7 Å². The van der Waals surface area contributed by atoms with Gasteiger partial charge in [-0.3, -0.25) is 0 Å². The van der Waals surface area contributed by atoms with Crippen LogP contribution in [0.4, 0.5) is 0 Å². The maximum absolute atomic E-state index is 6.55. The Labute approximate surface area is 356 Å². The first-order valence-electron chi connectivity index (χ1n) is 25.9. The highest BCUT2D eigenvalue weighted by molar-refractivity contribution is 5.25. The van der Waals surface area contributed by atoms with Crippen molar-refractivity contribution in [2.45, 2.75) is 240 Å². The molecule has 0 N–H and O–H groups in total. The van der Waals surface area contributed by atoms with Crippen LogP contribution in [-0.4, -0.2) is 39.1 Å². The van der Waals surface area contributed by atoms with Gasteiger partial charge in [0.1, 0.15) is 0 Å². The molecule has 3 heteroatoms. The number of ether oxygens (including phenoxy) is 3. The Morgan fingerprint density at radius 2 is 1.21 bits per heavy atom. The second-order valence-corrected chi connectivity index (χ2v) is 21.0. The van der Waals surface area contributed by atoms with E-state index < -0.39 is 0 Å². The Morgan fingerprint density at radius 1 is 0.614 bits per heavy atom. The molecule has 3 saturated carbocycles. The first kappa shape index (κ1) is 49.0. The minimum absolute atomic E-state index is 0.432. The minimum Gasteiger partial charge on any atom is -0.381 e. The van der Waals surface area contributed by atoms with Crippen molar-refractivity contribution in [3.8, 4) is 0 Å². The molecule has 3 nitrogen and oxygen atoms in total. The van der Waals surface area contributed by atoms with E-state index in [1.165, 1.54) is 186 Å². The number of rotatable bonds is 33. The fourth-order valence-corrected chi connectivity index (χ4v) is 12.6. The number of fused-ring (bicyclic) bond motifs is 5. The Kier molecular flexibility index (Phi) is 24.1. The van der Waals surface area contributed by atoms with Gasteiger partial charge in [0, 0.05) is 33.0 Å². The summed E-state index contributed by atoms with van der Waals surface area (Å²) in [6.07, 6.45) is 48.3. The Balaban J connectivity index is 0.926. The van der Waals surface area contributed by atoms with E-state index in [1.807, 2.05) is 0 Å². The molecule has 0 spiro atoms. The van der Waals surface area contributed by atoms with Crippen molar-refractivity contribution in [2.24, 2.45) is 46.3 Å². The molecule has 4 rings (SSSR count). The normalized spacial score (nSPS) is 29.1. The van der Waals surface area contributed by atoms with Crippen LogP contribution in [0.5, 0.6) is 0 Å². The van der Waals surface area contributed by atoms with Crippen molar-refractivity contribution in [1.82, 2.24) is 0 Å². The van der Waals surface area contributed by atoms with Crippen LogP contribution < -0.4 is 0 Å². The van der Waals surface area contributed by atoms with E-state index in [0.717, 1.165) is 75.0 Å². The lowest BCUT2D eigenvalue weighted by Gasteiger charge is -2.58. The molecule has 3 fully saturated rings. The van der Waals surface area contributed by atoms with E-state index >= 15 is 0 Å². The van der Waals surface area contributed by atoms with Crippen molar-refractivity contribution < 1.29 is 14.2 Å². The molecule has 0 aliphatic heterocycles. The van der Waals surface area contributed by atoms with Crippen molar-refractivity contribution in [1.29, 1.82) is 0 Å². The summed E-state index contributed by atoms with van der Waals surface area (Å²) in [4.78, 5) is 0. The van der Waals surface area contributed by atoms with E-state index in [9.17, 15) is 0 Å². The molecular formula is C54H98O3. The van der Waals surface area contributed by atoms with Crippen LogP contribution in [-0.2, 0) is 14.2 Å². The fourth-order valence-electron chi connectivity index (χ4n) is 12.6. The zero-order valence-corrected chi connectivity index (χ0v) is 39.2. The third-order valence-corrected chi connectivity index (χ3v) is 16.2. The molecular weight excluding hydrogens is 697 g/mol. The van der Waals surface area contributed by atoms with Gasteiger partial charge in [0.25, 0.3) is 0 Å². The summed E-state index contributed by atoms with van der Waals surface area (Å²) in [6.45, 7) is 19.5. The van der Waals surface area contributed by atoms with Crippen molar-refractivity contribution in [3.63, 3.8) is 0 Å². The molecule has 8 unspecified atom stereocenters. The molecule has 4 aliphatic carbocycles. The van der Waals surface area contributed by atoms with Crippen molar-refractivity contribution in [2.75, 3.05) is 33.0 Å². The molecule has 0 amide bonds. The van der Waals surface area contributed by atoms with Crippen LogP contribution in [0.2, 0.25) is 0 Å². The number of hydrogen-bond donors (Lipinski definition) is 0. The van der Waals surface area contributed by atoms with Crippen LogP contribution in [0.25, 0.3) is 0 Å². The molecule has 0 bridgehead atoms. The smallest absolute Gasteiger partial charge is 0.0612 e. The standard InChI is InChI=1S/C54H98O3/c1-7-8-9-10-11-12-13-14-15-16-17-18-19-20-21-24-39-55-41-28-42-56-40-25-22-23-26-43-57-48-35-37-53(5)47(44-48)31-32-49-51-34-33-50(46(4)30-27-29-45(2)3)54(51,6)38-36-52(49)53/h14-15,31,45-46,48-52H,7-13,16-30,32-44H2,1-6H3. The molecule has 332 valence electrons. The summed E-state index contributed by atoms with van der Waals surface area (Å²) in [5.41, 5.74) is 2.80. The van der Waals surface area contributed by atoms with E-state index in [1.54, 1.807) is 5.57 Å². The SMILES string of the molecule is CCCCCCCCC=CCCCCCCCCOCCCOCCCCCCOC1CCC2(C)C(=CCC3C2CCC2(C)C(C(C)CCCC(C)C)CCC32)C1. The lowest BCUT2D eigenvalue weighted by molar-refractivity contribution is -0.0641.